The monoisotopic (exact) mass is 298 g/mol. The van der Waals surface area contributed by atoms with E-state index in [0.29, 0.717) is 15.8 Å². The van der Waals surface area contributed by atoms with Gasteiger partial charge in [-0.15, -0.1) is 0 Å². The number of hydrogen-bond donors (Lipinski definition) is 3. The Labute approximate surface area is 119 Å². The first-order chi connectivity index (χ1) is 9.67. The molecular formula is C11H14N4O4S. The van der Waals surface area contributed by atoms with E-state index in [-0.39, 0.29) is 6.61 Å². The molecule has 20 heavy (non-hydrogen) atoms. The quantitative estimate of drug-likeness (QED) is 0.671. The fraction of sp³-hybridized carbons (Fsp3) is 0.545. The van der Waals surface area contributed by atoms with Crippen LogP contribution in [0.25, 0.3) is 11.2 Å². The number of fused-ring (bicyclic) bond motifs is 1. The molecule has 2 aromatic heterocycles. The molecule has 2 aromatic rings. The maximum atomic E-state index is 10.3. The van der Waals surface area contributed by atoms with Gasteiger partial charge in [0.2, 0.25) is 0 Å². The van der Waals surface area contributed by atoms with Crippen LogP contribution in [0, 0.1) is 4.64 Å². The summed E-state index contributed by atoms with van der Waals surface area (Å²) >= 11 is 5.09. The van der Waals surface area contributed by atoms with Crippen LogP contribution >= 0.6 is 12.2 Å². The molecule has 8 nitrogen and oxygen atoms in total. The molecule has 0 aliphatic carbocycles. The van der Waals surface area contributed by atoms with Crippen molar-refractivity contribution in [1.82, 2.24) is 19.5 Å². The summed E-state index contributed by atoms with van der Waals surface area (Å²) in [7, 11) is 1.46. The minimum Gasteiger partial charge on any atom is -0.394 e. The maximum Gasteiger partial charge on any atom is 0.165 e. The lowest BCUT2D eigenvalue weighted by molar-refractivity contribution is -0.0535. The van der Waals surface area contributed by atoms with Crippen LogP contribution < -0.4 is 0 Å². The minimum atomic E-state index is -0.926. The molecule has 0 unspecified atom stereocenters. The number of aromatic nitrogens is 4. The number of imidazole rings is 1. The van der Waals surface area contributed by atoms with Crippen LogP contribution in [0.4, 0.5) is 0 Å². The first-order valence-electron chi connectivity index (χ1n) is 6.04. The Balaban J connectivity index is 2.04. The van der Waals surface area contributed by atoms with Crippen molar-refractivity contribution in [2.45, 2.75) is 24.5 Å². The normalized spacial score (nSPS) is 30.1. The zero-order chi connectivity index (χ0) is 14.3. The molecule has 4 atom stereocenters. The SMILES string of the molecule is CO[C@H]1[C@@H](O)[C@H](n2cnc3c(=S)nc[nH]c32)O[C@@H]1CO. The molecule has 0 radical (unpaired) electrons. The third-order valence-corrected chi connectivity index (χ3v) is 3.71. The van der Waals surface area contributed by atoms with Crippen molar-refractivity contribution in [1.29, 1.82) is 0 Å². The zero-order valence-electron chi connectivity index (χ0n) is 10.6. The van der Waals surface area contributed by atoms with Crippen molar-refractivity contribution in [3.05, 3.63) is 17.3 Å². The van der Waals surface area contributed by atoms with Crippen molar-refractivity contribution >= 4 is 23.4 Å². The number of aliphatic hydroxyl groups excluding tert-OH is 2. The highest BCUT2D eigenvalue weighted by atomic mass is 32.1. The predicted octanol–water partition coefficient (Wildman–Crippen LogP) is -0.246. The highest BCUT2D eigenvalue weighted by Gasteiger charge is 2.45. The lowest BCUT2D eigenvalue weighted by Gasteiger charge is -2.18. The van der Waals surface area contributed by atoms with Crippen LogP contribution in [-0.4, -0.2) is 61.8 Å². The minimum absolute atomic E-state index is 0.240. The molecule has 0 saturated carbocycles. The first-order valence-corrected chi connectivity index (χ1v) is 6.45. The Kier molecular flexibility index (Phi) is 3.52. The molecular weight excluding hydrogens is 284 g/mol. The number of aliphatic hydroxyl groups is 2. The third kappa shape index (κ3) is 1.95. The van der Waals surface area contributed by atoms with Gasteiger partial charge >= 0.3 is 0 Å². The van der Waals surface area contributed by atoms with E-state index in [1.165, 1.54) is 19.8 Å². The van der Waals surface area contributed by atoms with Gasteiger partial charge in [0.1, 0.15) is 29.5 Å². The number of aromatic amines is 1. The van der Waals surface area contributed by atoms with Crippen molar-refractivity contribution in [3.8, 4) is 0 Å². The molecule has 1 saturated heterocycles. The first kappa shape index (κ1) is 13.6. The van der Waals surface area contributed by atoms with E-state index in [0.717, 1.165) is 0 Å². The van der Waals surface area contributed by atoms with E-state index in [1.54, 1.807) is 4.57 Å². The second-order valence-corrected chi connectivity index (χ2v) is 4.88. The molecule has 0 amide bonds. The van der Waals surface area contributed by atoms with Crippen molar-refractivity contribution in [3.63, 3.8) is 0 Å². The zero-order valence-corrected chi connectivity index (χ0v) is 11.4. The number of methoxy groups -OCH3 is 1. The Hall–Kier alpha value is -1.39. The molecule has 1 aliphatic heterocycles. The van der Waals surface area contributed by atoms with Gasteiger partial charge in [0, 0.05) is 7.11 Å². The average Bonchev–Trinajstić information content (AvgIpc) is 3.00. The fourth-order valence-electron chi connectivity index (χ4n) is 2.45. The van der Waals surface area contributed by atoms with Gasteiger partial charge in [-0.05, 0) is 0 Å². The van der Waals surface area contributed by atoms with Crippen molar-refractivity contribution in [2.75, 3.05) is 13.7 Å². The molecule has 0 spiro atoms. The van der Waals surface area contributed by atoms with Gasteiger partial charge < -0.3 is 24.7 Å². The van der Waals surface area contributed by atoms with Crippen molar-refractivity contribution < 1.29 is 19.7 Å². The van der Waals surface area contributed by atoms with Crippen LogP contribution in [-0.2, 0) is 9.47 Å². The molecule has 0 bridgehead atoms. The van der Waals surface area contributed by atoms with Crippen LogP contribution in [0.3, 0.4) is 0 Å². The van der Waals surface area contributed by atoms with Crippen LogP contribution in [0.15, 0.2) is 12.7 Å². The highest BCUT2D eigenvalue weighted by molar-refractivity contribution is 7.71. The lowest BCUT2D eigenvalue weighted by atomic mass is 10.1. The molecule has 3 rings (SSSR count). The van der Waals surface area contributed by atoms with E-state index < -0.39 is 24.5 Å². The van der Waals surface area contributed by atoms with Gasteiger partial charge in [-0.2, -0.15) is 0 Å². The molecule has 0 aromatic carbocycles. The fourth-order valence-corrected chi connectivity index (χ4v) is 2.66. The largest absolute Gasteiger partial charge is 0.394 e. The lowest BCUT2D eigenvalue weighted by Crippen LogP contribution is -2.35. The van der Waals surface area contributed by atoms with Crippen LogP contribution in [0.5, 0.6) is 0 Å². The predicted molar refractivity (Wildman–Crippen MR) is 70.5 cm³/mol. The summed E-state index contributed by atoms with van der Waals surface area (Å²) in [5.41, 5.74) is 1.13. The molecule has 9 heteroatoms. The third-order valence-electron chi connectivity index (χ3n) is 3.42. The second-order valence-electron chi connectivity index (χ2n) is 4.50. The molecule has 3 N–H and O–H groups in total. The summed E-state index contributed by atoms with van der Waals surface area (Å²) in [5, 5.41) is 19.6. The van der Waals surface area contributed by atoms with Gasteiger partial charge in [-0.3, -0.25) is 4.57 Å². The van der Waals surface area contributed by atoms with Crippen LogP contribution in [0.1, 0.15) is 6.23 Å². The number of rotatable bonds is 3. The molecule has 108 valence electrons. The topological polar surface area (TPSA) is 105 Å². The number of hydrogen-bond acceptors (Lipinski definition) is 7. The average molecular weight is 298 g/mol. The van der Waals surface area contributed by atoms with Gasteiger partial charge in [-0.1, -0.05) is 12.2 Å². The summed E-state index contributed by atoms with van der Waals surface area (Å²) in [4.78, 5) is 11.0. The number of H-pyrrole nitrogens is 1. The number of nitrogens with one attached hydrogen (secondary N) is 1. The number of ether oxygens (including phenoxy) is 2. The molecule has 1 aliphatic rings. The van der Waals surface area contributed by atoms with Gasteiger partial charge in [0.25, 0.3) is 0 Å². The Morgan fingerprint density at radius 2 is 2.35 bits per heavy atom. The summed E-state index contributed by atoms with van der Waals surface area (Å²) in [6, 6.07) is 0. The van der Waals surface area contributed by atoms with E-state index >= 15 is 0 Å². The Morgan fingerprint density at radius 1 is 1.55 bits per heavy atom. The van der Waals surface area contributed by atoms with E-state index in [2.05, 4.69) is 15.0 Å². The van der Waals surface area contributed by atoms with Gasteiger partial charge in [0.05, 0.1) is 19.3 Å². The maximum absolute atomic E-state index is 10.3. The Bertz CT molecular complexity index is 672. The molecule has 3 heterocycles. The standard InChI is InChI=1S/C11H14N4O4S/c1-18-8-5(2-16)19-11(7(8)17)15-4-14-6-9(15)12-3-13-10(6)20/h3-5,7-8,11,16-17H,2H2,1H3,(H,12,13,20)/t5-,7-,8-,11-/m1/s1. The number of nitrogens with zero attached hydrogens (tertiary/aromatic N) is 3. The Morgan fingerprint density at radius 3 is 3.00 bits per heavy atom. The van der Waals surface area contributed by atoms with Gasteiger partial charge in [0.15, 0.2) is 10.9 Å². The highest BCUT2D eigenvalue weighted by Crippen LogP contribution is 2.32. The van der Waals surface area contributed by atoms with E-state index in [9.17, 15) is 10.2 Å². The summed E-state index contributed by atoms with van der Waals surface area (Å²) < 4.78 is 12.8. The summed E-state index contributed by atoms with van der Waals surface area (Å²) in [6.45, 7) is -0.240. The summed E-state index contributed by atoms with van der Waals surface area (Å²) in [5.74, 6) is 0. The second kappa shape index (κ2) is 5.19. The van der Waals surface area contributed by atoms with Crippen LogP contribution in [0.2, 0.25) is 0 Å². The van der Waals surface area contributed by atoms with E-state index in [1.807, 2.05) is 0 Å². The smallest absolute Gasteiger partial charge is 0.165 e. The molecule has 1 fully saturated rings. The van der Waals surface area contributed by atoms with Crippen molar-refractivity contribution in [2.24, 2.45) is 0 Å². The van der Waals surface area contributed by atoms with Gasteiger partial charge in [-0.25, -0.2) is 9.97 Å². The van der Waals surface area contributed by atoms with E-state index in [4.69, 9.17) is 21.7 Å². The summed E-state index contributed by atoms with van der Waals surface area (Å²) in [6.07, 6.45) is 0.134.